The van der Waals surface area contributed by atoms with Crippen molar-refractivity contribution in [2.24, 2.45) is 0 Å². The molecule has 1 heterocycles. The predicted octanol–water partition coefficient (Wildman–Crippen LogP) is 4.84. The number of ether oxygens (including phenoxy) is 1. The van der Waals surface area contributed by atoms with E-state index in [9.17, 15) is 0 Å². The Morgan fingerprint density at radius 1 is 1.10 bits per heavy atom. The molecule has 0 aliphatic carbocycles. The molecule has 1 aromatic heterocycles. The molecular weight excluding hydrogens is 611 g/mol. The smallest absolute Gasteiger partial charge is 0.192 e. The molecule has 0 aliphatic rings. The quantitative estimate of drug-likeness (QED) is 0.270. The number of anilines is 1. The Morgan fingerprint density at radius 2 is 1.84 bits per heavy atom. The maximum atomic E-state index is 7.53. The molecule has 2 aromatic carbocycles. The molecule has 0 amide bonds. The molecule has 0 bridgehead atoms. The summed E-state index contributed by atoms with van der Waals surface area (Å²) < 4.78 is 10.7. The maximum Gasteiger partial charge on any atom is 0.192 e. The number of hydrogen-bond acceptors (Lipinski definition) is 7. The van der Waals surface area contributed by atoms with Gasteiger partial charge in [-0.1, -0.05) is 24.3 Å². The van der Waals surface area contributed by atoms with E-state index in [4.69, 9.17) is 24.6 Å². The van der Waals surface area contributed by atoms with Crippen molar-refractivity contribution in [1.82, 2.24) is 10.5 Å². The summed E-state index contributed by atoms with van der Waals surface area (Å²) in [5.41, 5.74) is 15.8. The Labute approximate surface area is 217 Å². The van der Waals surface area contributed by atoms with E-state index < -0.39 is 0 Å². The van der Waals surface area contributed by atoms with Crippen LogP contribution in [0.25, 0.3) is 17.1 Å². The summed E-state index contributed by atoms with van der Waals surface area (Å²) in [6.45, 7) is 3.98. The van der Waals surface area contributed by atoms with E-state index in [1.165, 1.54) is 6.39 Å². The third-order valence-corrected chi connectivity index (χ3v) is 4.14. The number of hydroxylamine groups is 1. The third-order valence-electron chi connectivity index (χ3n) is 4.14. The number of methoxy groups -OCH3 is 1. The van der Waals surface area contributed by atoms with Crippen LogP contribution >= 0.6 is 0 Å². The molecule has 9 heteroatoms. The SMILES string of the molecule is COc1cc(NOC#CONC(C)(C)Cc2ccc([NH-])cc2)ccc1-c1cnco1.[Ac]. The van der Waals surface area contributed by atoms with Crippen molar-refractivity contribution in [3.8, 4) is 29.3 Å². The van der Waals surface area contributed by atoms with E-state index >= 15 is 0 Å². The molecule has 1 radical (unpaired) electrons. The largest absolute Gasteiger partial charge is 0.699 e. The number of oxazole rings is 1. The van der Waals surface area contributed by atoms with Crippen LogP contribution in [0.3, 0.4) is 0 Å². The van der Waals surface area contributed by atoms with Crippen LogP contribution in [-0.4, -0.2) is 17.6 Å². The number of nitrogens with zero attached hydrogens (tertiary/aromatic N) is 1. The number of rotatable bonds is 8. The van der Waals surface area contributed by atoms with Gasteiger partial charge in [0.1, 0.15) is 5.75 Å². The second-order valence-electron chi connectivity index (χ2n) is 7.15. The van der Waals surface area contributed by atoms with Crippen molar-refractivity contribution < 1.29 is 62.9 Å². The fourth-order valence-electron chi connectivity index (χ4n) is 2.77. The Balaban J connectivity index is 0.00000341. The van der Waals surface area contributed by atoms with Crippen LogP contribution < -0.4 is 15.7 Å². The fraction of sp³-hybridized carbons (Fsp3) is 0.227. The van der Waals surface area contributed by atoms with Gasteiger partial charge < -0.3 is 24.6 Å². The van der Waals surface area contributed by atoms with Crippen LogP contribution in [0.1, 0.15) is 19.4 Å². The molecule has 3 aromatic rings. The van der Waals surface area contributed by atoms with Crippen molar-refractivity contribution in [1.29, 1.82) is 0 Å². The first kappa shape index (κ1) is 24.9. The molecule has 0 atom stereocenters. The Kier molecular flexibility index (Phi) is 9.51. The van der Waals surface area contributed by atoms with E-state index in [1.54, 1.807) is 37.6 Å². The summed E-state index contributed by atoms with van der Waals surface area (Å²) in [5.74, 6) is 1.21. The zero-order valence-corrected chi connectivity index (χ0v) is 22.3. The fourth-order valence-corrected chi connectivity index (χ4v) is 2.77. The molecular formula is C22H23AcN4O4-. The molecule has 0 spiro atoms. The van der Waals surface area contributed by atoms with E-state index in [0.29, 0.717) is 29.3 Å². The Bertz CT molecular complexity index is 1010. The van der Waals surface area contributed by atoms with Gasteiger partial charge in [-0.25, -0.2) is 10.5 Å². The second kappa shape index (κ2) is 11.9. The average molecular weight is 634 g/mol. The summed E-state index contributed by atoms with van der Waals surface area (Å²) in [5, 5.41) is 0. The minimum atomic E-state index is -0.352. The van der Waals surface area contributed by atoms with E-state index in [-0.39, 0.29) is 49.6 Å². The Morgan fingerprint density at radius 3 is 2.52 bits per heavy atom. The second-order valence-corrected chi connectivity index (χ2v) is 7.15. The zero-order chi connectivity index (χ0) is 21.4. The van der Waals surface area contributed by atoms with Crippen LogP contribution in [0.2, 0.25) is 0 Å². The minimum absolute atomic E-state index is 0. The summed E-state index contributed by atoms with van der Waals surface area (Å²) in [4.78, 5) is 14.2. The van der Waals surface area contributed by atoms with Crippen molar-refractivity contribution >= 4 is 11.4 Å². The van der Waals surface area contributed by atoms with Crippen LogP contribution in [0.4, 0.5) is 11.4 Å². The van der Waals surface area contributed by atoms with Crippen LogP contribution in [0.15, 0.2) is 59.5 Å². The number of nitrogens with one attached hydrogen (secondary N) is 3. The van der Waals surface area contributed by atoms with Gasteiger partial charge >= 0.3 is 0 Å². The van der Waals surface area contributed by atoms with Gasteiger partial charge in [0.25, 0.3) is 0 Å². The van der Waals surface area contributed by atoms with Gasteiger partial charge in [0, 0.05) is 50.1 Å². The van der Waals surface area contributed by atoms with Crippen molar-refractivity contribution in [2.75, 3.05) is 12.6 Å². The topological polar surface area (TPSA) is 102 Å². The molecule has 3 N–H and O–H groups in total. The first-order chi connectivity index (χ1) is 14.5. The van der Waals surface area contributed by atoms with Gasteiger partial charge in [0.2, 0.25) is 0 Å². The number of aromatic nitrogens is 1. The normalized spacial score (nSPS) is 10.3. The van der Waals surface area contributed by atoms with Crippen LogP contribution in [0.5, 0.6) is 5.75 Å². The zero-order valence-electron chi connectivity index (χ0n) is 17.6. The van der Waals surface area contributed by atoms with Gasteiger partial charge in [-0.2, -0.15) is 0 Å². The van der Waals surface area contributed by atoms with Crippen molar-refractivity contribution in [3.05, 3.63) is 66.4 Å². The molecule has 159 valence electrons. The molecule has 0 aliphatic heterocycles. The number of hydrogen-bond donors (Lipinski definition) is 2. The molecule has 8 nitrogen and oxygen atoms in total. The molecule has 3 rings (SSSR count). The monoisotopic (exact) mass is 634 g/mol. The third kappa shape index (κ3) is 7.66. The first-order valence-corrected chi connectivity index (χ1v) is 9.19. The molecule has 31 heavy (non-hydrogen) atoms. The van der Waals surface area contributed by atoms with Crippen LogP contribution in [-0.2, 0) is 16.1 Å². The maximum absolute atomic E-state index is 7.53. The Hall–Kier alpha value is -2.39. The van der Waals surface area contributed by atoms with E-state index in [2.05, 4.69) is 28.2 Å². The van der Waals surface area contributed by atoms with Crippen molar-refractivity contribution in [2.45, 2.75) is 25.8 Å². The van der Waals surface area contributed by atoms with Gasteiger partial charge in [-0.3, -0.25) is 0 Å². The molecule has 0 saturated heterocycles. The molecule has 0 unspecified atom stereocenters. The average Bonchev–Trinajstić information content (AvgIpc) is 3.26. The summed E-state index contributed by atoms with van der Waals surface area (Å²) in [7, 11) is 1.57. The van der Waals surface area contributed by atoms with Crippen LogP contribution in [0, 0.1) is 56.3 Å². The first-order valence-electron chi connectivity index (χ1n) is 9.19. The van der Waals surface area contributed by atoms with E-state index in [1.807, 2.05) is 32.0 Å². The van der Waals surface area contributed by atoms with Gasteiger partial charge in [0.05, 0.1) is 30.1 Å². The van der Waals surface area contributed by atoms with Gasteiger partial charge in [-0.05, 0) is 38.0 Å². The predicted molar refractivity (Wildman–Crippen MR) is 113 cm³/mol. The minimum Gasteiger partial charge on any atom is -0.699 e. The summed E-state index contributed by atoms with van der Waals surface area (Å²) >= 11 is 0. The molecule has 0 fully saturated rings. The van der Waals surface area contributed by atoms with Crippen molar-refractivity contribution in [3.63, 3.8) is 0 Å². The molecule has 0 saturated carbocycles. The van der Waals surface area contributed by atoms with E-state index in [0.717, 1.165) is 11.1 Å². The summed E-state index contributed by atoms with van der Waals surface area (Å²) in [6, 6.07) is 12.7. The number of benzene rings is 2. The van der Waals surface area contributed by atoms with Gasteiger partial charge in [0.15, 0.2) is 24.4 Å². The standard InChI is InChI=1S/C22H23N4O4.Ac/c1-22(2,13-16-4-6-17(23)7-5-16)26-30-11-10-29-25-18-8-9-19(20(12-18)27-3)21-14-24-15-28-21;/h4-9,12,14-15,23,25-26H,13H2,1-3H3;/q-1;. The summed E-state index contributed by atoms with van der Waals surface area (Å²) in [6.07, 6.45) is 8.55. The van der Waals surface area contributed by atoms with Gasteiger partial charge in [-0.15, -0.1) is 11.2 Å².